The number of ether oxygens (including phenoxy) is 9. The first-order valence-corrected chi connectivity index (χ1v) is 40.9. The highest BCUT2D eigenvalue weighted by atomic mass is 16.7. The van der Waals surface area contributed by atoms with E-state index >= 15 is 0 Å². The third kappa shape index (κ3) is 45.6. The van der Waals surface area contributed by atoms with E-state index in [1.54, 1.807) is 0 Å². The Balaban J connectivity index is 1.57. The third-order valence-corrected chi connectivity index (χ3v) is 19.1. The highest BCUT2D eigenvalue weighted by Gasteiger charge is 2.48. The minimum atomic E-state index is -1.46. The molecule has 676 valence electrons. The van der Waals surface area contributed by atoms with Crippen LogP contribution >= 0.6 is 0 Å². The van der Waals surface area contributed by atoms with Crippen molar-refractivity contribution in [3.05, 3.63) is 0 Å². The van der Waals surface area contributed by atoms with Crippen molar-refractivity contribution in [2.75, 3.05) is 132 Å². The van der Waals surface area contributed by atoms with Crippen molar-refractivity contribution >= 4 is 65.0 Å². The second-order valence-electron chi connectivity index (χ2n) is 29.3. The molecule has 15 atom stereocenters. The smallest absolute Gasteiger partial charge is 0.248 e. The maximum absolute atomic E-state index is 14.0. The summed E-state index contributed by atoms with van der Waals surface area (Å²) in [4.78, 5) is 142. The van der Waals surface area contributed by atoms with Crippen LogP contribution in [0.4, 0.5) is 0 Å². The summed E-state index contributed by atoms with van der Waals surface area (Å²) in [5.74, 6) is 0.966. The number of carbonyl (C=O) groups is 11. The molecule has 0 spiro atoms. The molecular formula is C75H136N12O30. The molecule has 3 aliphatic heterocycles. The predicted molar refractivity (Wildman–Crippen MR) is 414 cm³/mol. The largest absolute Gasteiger partial charge is 0.394 e. The van der Waals surface area contributed by atoms with E-state index in [0.29, 0.717) is 70.8 Å². The molecule has 3 fully saturated rings. The lowest BCUT2D eigenvalue weighted by Crippen LogP contribution is -2.64. The fourth-order valence-electron chi connectivity index (χ4n) is 12.7. The van der Waals surface area contributed by atoms with Crippen molar-refractivity contribution in [2.24, 2.45) is 5.90 Å². The molecule has 22 N–H and O–H groups in total. The van der Waals surface area contributed by atoms with Crippen LogP contribution in [0.1, 0.15) is 181 Å². The van der Waals surface area contributed by atoms with Gasteiger partial charge in [-0.3, -0.25) is 57.6 Å². The maximum atomic E-state index is 14.0. The van der Waals surface area contributed by atoms with E-state index in [4.69, 9.17) is 48.5 Å². The Bertz CT molecular complexity index is 2610. The number of aliphatic hydroxyl groups is 9. The van der Waals surface area contributed by atoms with Crippen molar-refractivity contribution in [3.63, 3.8) is 0 Å². The van der Waals surface area contributed by atoms with Gasteiger partial charge in [-0.1, -0.05) is 44.9 Å². The molecule has 3 rings (SSSR count). The number of aliphatic hydroxyl groups excluding tert-OH is 9. The zero-order chi connectivity index (χ0) is 86.2. The van der Waals surface area contributed by atoms with Crippen molar-refractivity contribution in [2.45, 2.75) is 279 Å². The Morgan fingerprint density at radius 2 is 0.573 bits per heavy atom. The standard InChI is InChI=1S/C75H136N12O30/c1-49(91)84-63-69(105)66(102)52(42-88)115-72(63)111-36-16-12-22-55(94)77-30-19-33-80-58(97)26-39-108-46-75(87-61(100)25-11-9-7-5-4-6-8-10-15-29-83-62(101)45-114-76,47-109-40-27-59(98)81-34-20-31-78-56(95)23-13-17-37-112-73-64(85-50(2)92)70(106)67(103)53(43-89)116-73)48-110-41-28-60(99)82-35-21-32-79-57(96)24-14-18-38-113-74-65(86-51(3)93)71(107)68(104)54(44-90)117-74/h52-54,63-74,88-90,102-107H,4-48,76H2,1-3H3,(H,77,94)(H,78,95)(H,79,96)(H,80,97)(H,81,98)(H,82,99)(H,83,101)(H,84,91)(H,85,92)(H,86,93)(H,87,100)/t52?,53?,54?,63-,64-,65-,66-,67-,68-,69?,70?,71?,72+,73+,74+,75?/m0/s1. The summed E-state index contributed by atoms with van der Waals surface area (Å²) in [6.45, 7) is 2.72. The number of carbonyl (C=O) groups excluding carboxylic acids is 11. The maximum Gasteiger partial charge on any atom is 0.248 e. The highest BCUT2D eigenvalue weighted by molar-refractivity contribution is 5.79. The Hall–Kier alpha value is -6.63. The number of rotatable bonds is 66. The number of unbranched alkanes of at least 4 members (excludes halogenated alkanes) is 11. The lowest BCUT2D eigenvalue weighted by atomic mass is 9.97. The quantitative estimate of drug-likeness (QED) is 0.0199. The molecule has 11 amide bonds. The summed E-state index contributed by atoms with van der Waals surface area (Å²) in [7, 11) is 0. The molecule has 0 aromatic carbocycles. The van der Waals surface area contributed by atoms with Crippen LogP contribution in [0.5, 0.6) is 0 Å². The molecule has 6 unspecified atom stereocenters. The first-order valence-electron chi connectivity index (χ1n) is 40.9. The van der Waals surface area contributed by atoms with E-state index in [2.05, 4.69) is 63.3 Å². The Kier molecular flexibility index (Phi) is 55.8. The van der Waals surface area contributed by atoms with Gasteiger partial charge >= 0.3 is 0 Å². The summed E-state index contributed by atoms with van der Waals surface area (Å²) in [5, 5.41) is 121. The van der Waals surface area contributed by atoms with E-state index < -0.39 is 135 Å². The first kappa shape index (κ1) is 105. The third-order valence-electron chi connectivity index (χ3n) is 19.1. The molecule has 0 bridgehead atoms. The van der Waals surface area contributed by atoms with E-state index in [1.165, 1.54) is 20.8 Å². The second-order valence-corrected chi connectivity index (χ2v) is 29.3. The highest BCUT2D eigenvalue weighted by Crippen LogP contribution is 2.26. The van der Waals surface area contributed by atoms with Crippen LogP contribution in [-0.2, 0) is 100 Å². The van der Waals surface area contributed by atoms with Gasteiger partial charge in [0.25, 0.3) is 0 Å². The van der Waals surface area contributed by atoms with E-state index in [9.17, 15) is 98.7 Å². The Morgan fingerprint density at radius 1 is 0.316 bits per heavy atom. The molecule has 0 aromatic rings. The Morgan fingerprint density at radius 3 is 0.863 bits per heavy atom. The molecule has 42 heteroatoms. The van der Waals surface area contributed by atoms with Crippen molar-refractivity contribution in [1.82, 2.24) is 58.5 Å². The molecule has 3 aliphatic rings. The van der Waals surface area contributed by atoms with Gasteiger partial charge in [-0.05, 0) is 70.6 Å². The van der Waals surface area contributed by atoms with Gasteiger partial charge in [-0.25, -0.2) is 5.90 Å². The number of hydrogen-bond donors (Lipinski definition) is 21. The van der Waals surface area contributed by atoms with Crippen LogP contribution in [0.15, 0.2) is 0 Å². The summed E-state index contributed by atoms with van der Waals surface area (Å²) < 4.78 is 52.2. The molecule has 0 aromatic heterocycles. The Labute approximate surface area is 683 Å². The van der Waals surface area contributed by atoms with Gasteiger partial charge in [-0.2, -0.15) is 0 Å². The average Bonchev–Trinajstić information content (AvgIpc) is 0.844. The lowest BCUT2D eigenvalue weighted by molar-refractivity contribution is -0.270. The monoisotopic (exact) mass is 1680 g/mol. The minimum Gasteiger partial charge on any atom is -0.394 e. The first-order chi connectivity index (χ1) is 56.2. The molecule has 3 heterocycles. The van der Waals surface area contributed by atoms with Crippen LogP contribution in [0, 0.1) is 0 Å². The van der Waals surface area contributed by atoms with Crippen LogP contribution in [-0.4, -0.2) is 340 Å². The van der Waals surface area contributed by atoms with Crippen LogP contribution < -0.4 is 64.4 Å². The molecule has 0 radical (unpaired) electrons. The number of amides is 11. The molecular weight excluding hydrogens is 1550 g/mol. The molecule has 0 aliphatic carbocycles. The molecule has 0 saturated carbocycles. The zero-order valence-electron chi connectivity index (χ0n) is 68.2. The summed E-state index contributed by atoms with van der Waals surface area (Å²) in [6, 6.07) is -3.29. The van der Waals surface area contributed by atoms with Gasteiger partial charge < -0.3 is 147 Å². The van der Waals surface area contributed by atoms with Crippen molar-refractivity contribution < 1.29 is 146 Å². The van der Waals surface area contributed by atoms with Gasteiger partial charge in [0.2, 0.25) is 65.0 Å². The predicted octanol–water partition coefficient (Wildman–Crippen LogP) is -5.77. The van der Waals surface area contributed by atoms with Gasteiger partial charge in [0, 0.05) is 131 Å². The lowest BCUT2D eigenvalue weighted by Gasteiger charge is -2.42. The van der Waals surface area contributed by atoms with Gasteiger partial charge in [0.15, 0.2) is 18.9 Å². The molecule has 117 heavy (non-hydrogen) atoms. The number of nitrogens with one attached hydrogen (secondary N) is 11. The zero-order valence-corrected chi connectivity index (χ0v) is 68.2. The molecule has 3 saturated heterocycles. The SMILES string of the molecule is CC(=O)N[C@H]1C(O)[C@@H](O)C(CO)O[C@H]1OCCCCC(=O)NCCCNC(=O)CCOCC(COCCC(=O)NCCCNC(=O)CCCCO[C@@H]1OC(CO)[C@H](O)C(O)[C@@H]1NC(C)=O)(COCCC(=O)NCCCNC(=O)CCCCO[C@@H]1OC(CO)[C@H](O)C(O)[C@@H]1NC(C)=O)NC(=O)CCCCCCCCCCCNC(=O)CON. The topological polar surface area (TPSA) is 620 Å². The number of hydrogen-bond acceptors (Lipinski definition) is 31. The second kappa shape index (κ2) is 62.5. The van der Waals surface area contributed by atoms with E-state index in [1.807, 2.05) is 0 Å². The fourth-order valence-corrected chi connectivity index (χ4v) is 12.7. The van der Waals surface area contributed by atoms with Crippen LogP contribution in [0.3, 0.4) is 0 Å². The van der Waals surface area contributed by atoms with Crippen molar-refractivity contribution in [3.8, 4) is 0 Å². The van der Waals surface area contributed by atoms with Crippen LogP contribution in [0.2, 0.25) is 0 Å². The summed E-state index contributed by atoms with van der Waals surface area (Å²) >= 11 is 0. The average molecular weight is 1690 g/mol. The molecule has 42 nitrogen and oxygen atoms in total. The minimum absolute atomic E-state index is 0.0761. The van der Waals surface area contributed by atoms with Crippen molar-refractivity contribution in [1.29, 1.82) is 0 Å². The van der Waals surface area contributed by atoms with E-state index in [-0.39, 0.29) is 198 Å². The van der Waals surface area contributed by atoms with Crippen LogP contribution in [0.25, 0.3) is 0 Å². The summed E-state index contributed by atoms with van der Waals surface area (Å²) in [6.07, 6.45) is -3.98. The van der Waals surface area contributed by atoms with Gasteiger partial charge in [0.1, 0.15) is 85.2 Å². The fraction of sp³-hybridized carbons (Fsp3) is 0.853. The van der Waals surface area contributed by atoms with Gasteiger partial charge in [0.05, 0.1) is 59.5 Å². The van der Waals surface area contributed by atoms with E-state index in [0.717, 1.165) is 51.4 Å². The normalized spacial score (nSPS) is 23.6. The van der Waals surface area contributed by atoms with Gasteiger partial charge in [-0.15, -0.1) is 0 Å². The summed E-state index contributed by atoms with van der Waals surface area (Å²) in [5.41, 5.74) is -1.42. The number of nitrogens with two attached hydrogens (primary N) is 1.